The van der Waals surface area contributed by atoms with Crippen LogP contribution in [0, 0.1) is 0 Å². The zero-order valence-corrected chi connectivity index (χ0v) is 13.9. The largest absolute Gasteiger partial charge is 0.411 e. The van der Waals surface area contributed by atoms with E-state index in [9.17, 15) is 0 Å². The molecule has 2 N–H and O–H groups in total. The van der Waals surface area contributed by atoms with Gasteiger partial charge in [-0.05, 0) is 36.4 Å². The van der Waals surface area contributed by atoms with E-state index in [1.54, 1.807) is 36.4 Å². The second kappa shape index (κ2) is 7.70. The van der Waals surface area contributed by atoms with Gasteiger partial charge in [0, 0.05) is 10.0 Å². The van der Waals surface area contributed by atoms with Crippen LogP contribution in [-0.4, -0.2) is 17.3 Å². The summed E-state index contributed by atoms with van der Waals surface area (Å²) < 4.78 is 0. The molecule has 0 amide bonds. The first kappa shape index (κ1) is 16.9. The maximum atomic E-state index is 8.76. The summed E-state index contributed by atoms with van der Waals surface area (Å²) in [6.07, 6.45) is 1.12. The highest BCUT2D eigenvalue weighted by atomic mass is 35.5. The third-order valence-electron chi connectivity index (χ3n) is 2.52. The summed E-state index contributed by atoms with van der Waals surface area (Å²) in [4.78, 5) is 4.26. The van der Waals surface area contributed by atoms with Crippen LogP contribution in [0.4, 0.5) is 11.4 Å². The van der Waals surface area contributed by atoms with E-state index in [1.807, 2.05) is 0 Å². The van der Waals surface area contributed by atoms with Crippen molar-refractivity contribution in [2.24, 2.45) is 10.1 Å². The standard InChI is InChI=1S/C14H9Cl4N3O/c15-8-1-3-12(10(17)5-8)20-14(7-19-22)21-13-4-2-9(16)6-11(13)18/h1-7,22H,(H,20,21)/b19-7-. The summed E-state index contributed by atoms with van der Waals surface area (Å²) in [6, 6.07) is 9.77. The fourth-order valence-corrected chi connectivity index (χ4v) is 2.48. The molecule has 2 rings (SSSR count). The lowest BCUT2D eigenvalue weighted by Crippen LogP contribution is -2.13. The fourth-order valence-electron chi connectivity index (χ4n) is 1.57. The first-order valence-corrected chi connectivity index (χ1v) is 7.44. The molecule has 8 heteroatoms. The average Bonchev–Trinajstić information content (AvgIpc) is 2.45. The van der Waals surface area contributed by atoms with Gasteiger partial charge in [0.15, 0.2) is 5.84 Å². The van der Waals surface area contributed by atoms with Crippen LogP contribution in [0.1, 0.15) is 0 Å². The Morgan fingerprint density at radius 1 is 0.955 bits per heavy atom. The first-order valence-electron chi connectivity index (χ1n) is 5.93. The monoisotopic (exact) mass is 375 g/mol. The van der Waals surface area contributed by atoms with Crippen LogP contribution >= 0.6 is 46.4 Å². The lowest BCUT2D eigenvalue weighted by Gasteiger charge is -2.08. The lowest BCUT2D eigenvalue weighted by molar-refractivity contribution is 0.322. The SMILES string of the molecule is O/N=C\C(=Nc1ccc(Cl)cc1Cl)Nc1ccc(Cl)cc1Cl. The highest BCUT2D eigenvalue weighted by molar-refractivity contribution is 6.40. The van der Waals surface area contributed by atoms with Crippen LogP contribution in [0.2, 0.25) is 20.1 Å². The van der Waals surface area contributed by atoms with E-state index < -0.39 is 0 Å². The number of benzene rings is 2. The van der Waals surface area contributed by atoms with Gasteiger partial charge < -0.3 is 10.5 Å². The molecule has 0 spiro atoms. The van der Waals surface area contributed by atoms with Crippen molar-refractivity contribution in [1.29, 1.82) is 0 Å². The third kappa shape index (κ3) is 4.52. The Kier molecular flexibility index (Phi) is 5.91. The van der Waals surface area contributed by atoms with Gasteiger partial charge in [-0.1, -0.05) is 51.6 Å². The Morgan fingerprint density at radius 2 is 1.59 bits per heavy atom. The molecule has 2 aromatic rings. The van der Waals surface area contributed by atoms with Crippen molar-refractivity contribution in [2.75, 3.05) is 5.32 Å². The van der Waals surface area contributed by atoms with Crippen LogP contribution in [0.5, 0.6) is 0 Å². The van der Waals surface area contributed by atoms with Crippen LogP contribution in [0.15, 0.2) is 46.5 Å². The van der Waals surface area contributed by atoms with Gasteiger partial charge in [0.2, 0.25) is 0 Å². The molecule has 0 saturated heterocycles. The van der Waals surface area contributed by atoms with Crippen molar-refractivity contribution >= 4 is 69.8 Å². The molecule has 0 aliphatic heterocycles. The van der Waals surface area contributed by atoms with Gasteiger partial charge in [-0.3, -0.25) is 0 Å². The molecule has 0 radical (unpaired) electrons. The molecule has 0 atom stereocenters. The fraction of sp³-hybridized carbons (Fsp3) is 0. The number of anilines is 1. The molecule has 0 aliphatic carbocycles. The number of nitrogens with zero attached hydrogens (tertiary/aromatic N) is 2. The van der Waals surface area contributed by atoms with E-state index in [1.165, 1.54) is 0 Å². The number of amidine groups is 1. The quantitative estimate of drug-likeness (QED) is 0.303. The minimum atomic E-state index is 0.232. The minimum Gasteiger partial charge on any atom is -0.411 e. The average molecular weight is 377 g/mol. The van der Waals surface area contributed by atoms with Gasteiger partial charge in [-0.25, -0.2) is 4.99 Å². The van der Waals surface area contributed by atoms with Crippen LogP contribution in [0.25, 0.3) is 0 Å². The van der Waals surface area contributed by atoms with Gasteiger partial charge in [-0.15, -0.1) is 0 Å². The highest BCUT2D eigenvalue weighted by Gasteiger charge is 2.06. The minimum absolute atomic E-state index is 0.232. The number of halogens is 4. The summed E-state index contributed by atoms with van der Waals surface area (Å²) >= 11 is 23.8. The van der Waals surface area contributed by atoms with Crippen molar-refractivity contribution in [3.8, 4) is 0 Å². The van der Waals surface area contributed by atoms with E-state index in [0.717, 1.165) is 6.21 Å². The van der Waals surface area contributed by atoms with E-state index in [0.29, 0.717) is 31.5 Å². The van der Waals surface area contributed by atoms with Gasteiger partial charge in [0.1, 0.15) is 6.21 Å². The van der Waals surface area contributed by atoms with E-state index in [2.05, 4.69) is 15.5 Å². The molecule has 0 aliphatic rings. The number of hydrogen-bond donors (Lipinski definition) is 2. The van der Waals surface area contributed by atoms with Gasteiger partial charge in [0.05, 0.1) is 21.4 Å². The van der Waals surface area contributed by atoms with Crippen LogP contribution < -0.4 is 5.32 Å². The van der Waals surface area contributed by atoms with E-state index >= 15 is 0 Å². The second-order valence-corrected chi connectivity index (χ2v) is 5.77. The highest BCUT2D eigenvalue weighted by Crippen LogP contribution is 2.29. The zero-order valence-electron chi connectivity index (χ0n) is 10.9. The van der Waals surface area contributed by atoms with Crippen LogP contribution in [-0.2, 0) is 0 Å². The Morgan fingerprint density at radius 3 is 2.18 bits per heavy atom. The second-order valence-electron chi connectivity index (χ2n) is 4.09. The molecule has 0 fully saturated rings. The lowest BCUT2D eigenvalue weighted by atomic mass is 10.3. The smallest absolute Gasteiger partial charge is 0.153 e. The summed E-state index contributed by atoms with van der Waals surface area (Å²) in [5.74, 6) is 0.232. The molecular weight excluding hydrogens is 368 g/mol. The third-order valence-corrected chi connectivity index (χ3v) is 3.61. The number of hydrogen-bond acceptors (Lipinski definition) is 3. The summed E-state index contributed by atoms with van der Waals surface area (Å²) in [7, 11) is 0. The van der Waals surface area contributed by atoms with Crippen molar-refractivity contribution in [1.82, 2.24) is 0 Å². The molecule has 22 heavy (non-hydrogen) atoms. The van der Waals surface area contributed by atoms with Crippen molar-refractivity contribution in [2.45, 2.75) is 0 Å². The molecule has 2 aromatic carbocycles. The molecule has 114 valence electrons. The topological polar surface area (TPSA) is 57.0 Å². The number of aliphatic imine (C=N–C) groups is 1. The molecule has 4 nitrogen and oxygen atoms in total. The van der Waals surface area contributed by atoms with E-state index in [4.69, 9.17) is 51.6 Å². The zero-order chi connectivity index (χ0) is 16.1. The molecule has 0 unspecified atom stereocenters. The first-order chi connectivity index (χ1) is 10.5. The number of rotatable bonds is 3. The Labute approximate surface area is 147 Å². The molecule has 0 heterocycles. The van der Waals surface area contributed by atoms with Crippen molar-refractivity contribution in [3.05, 3.63) is 56.5 Å². The molecule has 0 saturated carbocycles. The molecule has 0 aromatic heterocycles. The molecule has 0 bridgehead atoms. The maximum absolute atomic E-state index is 8.76. The predicted octanol–water partition coefficient (Wildman–Crippen LogP) is 5.90. The van der Waals surface area contributed by atoms with Crippen molar-refractivity contribution in [3.63, 3.8) is 0 Å². The Balaban J connectivity index is 2.35. The normalized spacial score (nSPS) is 11.9. The predicted molar refractivity (Wildman–Crippen MR) is 93.9 cm³/mol. The van der Waals surface area contributed by atoms with Gasteiger partial charge >= 0.3 is 0 Å². The summed E-state index contributed by atoms with van der Waals surface area (Å²) in [6.45, 7) is 0. The molecular formula is C14H9Cl4N3O. The number of nitrogens with one attached hydrogen (secondary N) is 1. The van der Waals surface area contributed by atoms with Crippen molar-refractivity contribution < 1.29 is 5.21 Å². The summed E-state index contributed by atoms with van der Waals surface area (Å²) in [5.41, 5.74) is 1.01. The van der Waals surface area contributed by atoms with Gasteiger partial charge in [0.25, 0.3) is 0 Å². The van der Waals surface area contributed by atoms with Crippen LogP contribution in [0.3, 0.4) is 0 Å². The van der Waals surface area contributed by atoms with Gasteiger partial charge in [-0.2, -0.15) is 0 Å². The maximum Gasteiger partial charge on any atom is 0.153 e. The summed E-state index contributed by atoms with van der Waals surface area (Å²) in [5, 5.41) is 16.4. The number of oxime groups is 1. The Bertz CT molecular complexity index is 747. The Hall–Kier alpha value is -1.46. The van der Waals surface area contributed by atoms with E-state index in [-0.39, 0.29) is 5.84 Å².